The molecule has 0 unspecified atom stereocenters. The molecular formula is C28H28N4O3. The first-order chi connectivity index (χ1) is 17.1. The Hall–Kier alpha value is -4.04. The van der Waals surface area contributed by atoms with Crippen LogP contribution in [-0.2, 0) is 6.42 Å². The zero-order valence-electron chi connectivity index (χ0n) is 19.5. The molecule has 0 radical (unpaired) electrons. The number of ether oxygens (including phenoxy) is 1. The van der Waals surface area contributed by atoms with Crippen molar-refractivity contribution >= 4 is 5.69 Å². The van der Waals surface area contributed by atoms with Gasteiger partial charge in [-0.05, 0) is 60.0 Å². The molecule has 3 aromatic carbocycles. The van der Waals surface area contributed by atoms with Crippen LogP contribution in [0.3, 0.4) is 0 Å². The first kappa shape index (κ1) is 24.1. The van der Waals surface area contributed by atoms with Gasteiger partial charge in [0.1, 0.15) is 24.2 Å². The molecule has 178 valence electrons. The summed E-state index contributed by atoms with van der Waals surface area (Å²) < 4.78 is 5.50. The highest BCUT2D eigenvalue weighted by atomic mass is 16.5. The molecule has 0 bridgehead atoms. The van der Waals surface area contributed by atoms with Crippen LogP contribution in [0.5, 0.6) is 11.5 Å². The van der Waals surface area contributed by atoms with Gasteiger partial charge in [-0.25, -0.2) is 0 Å². The summed E-state index contributed by atoms with van der Waals surface area (Å²) in [5.74, 6) is 0.776. The van der Waals surface area contributed by atoms with Gasteiger partial charge in [0.15, 0.2) is 0 Å². The average Bonchev–Trinajstić information content (AvgIpc) is 2.91. The molecular weight excluding hydrogens is 440 g/mol. The Morgan fingerprint density at radius 1 is 0.943 bits per heavy atom. The quantitative estimate of drug-likeness (QED) is 0.520. The molecule has 4 rings (SSSR count). The fourth-order valence-corrected chi connectivity index (χ4v) is 4.45. The lowest BCUT2D eigenvalue weighted by atomic mass is 9.99. The van der Waals surface area contributed by atoms with E-state index in [-0.39, 0.29) is 25.0 Å². The Balaban J connectivity index is 1.55. The van der Waals surface area contributed by atoms with Crippen LogP contribution in [0.4, 0.5) is 5.69 Å². The maximum Gasteiger partial charge on any atom is 0.120 e. The van der Waals surface area contributed by atoms with Crippen molar-refractivity contribution in [2.24, 2.45) is 0 Å². The Morgan fingerprint density at radius 3 is 2.40 bits per heavy atom. The Kier molecular flexibility index (Phi) is 7.84. The van der Waals surface area contributed by atoms with Gasteiger partial charge in [-0.15, -0.1) is 0 Å². The predicted molar refractivity (Wildman–Crippen MR) is 133 cm³/mol. The molecule has 7 heteroatoms. The third-order valence-corrected chi connectivity index (χ3v) is 6.30. The van der Waals surface area contributed by atoms with Crippen molar-refractivity contribution in [3.8, 4) is 23.6 Å². The van der Waals surface area contributed by atoms with Gasteiger partial charge in [-0.1, -0.05) is 24.3 Å². The lowest BCUT2D eigenvalue weighted by molar-refractivity contribution is 0.201. The van der Waals surface area contributed by atoms with Gasteiger partial charge in [-0.3, -0.25) is 4.90 Å². The summed E-state index contributed by atoms with van der Waals surface area (Å²) in [4.78, 5) is 4.66. The second-order valence-electron chi connectivity index (χ2n) is 8.52. The molecule has 1 saturated heterocycles. The zero-order chi connectivity index (χ0) is 24.6. The minimum absolute atomic E-state index is 0.00150. The van der Waals surface area contributed by atoms with E-state index in [1.807, 2.05) is 48.5 Å². The number of aliphatic hydroxyl groups is 1. The fraction of sp³-hybridized carbons (Fsp3) is 0.286. The second-order valence-corrected chi connectivity index (χ2v) is 8.52. The third-order valence-electron chi connectivity index (χ3n) is 6.30. The van der Waals surface area contributed by atoms with Gasteiger partial charge >= 0.3 is 0 Å². The molecule has 7 nitrogen and oxygen atoms in total. The molecule has 0 aliphatic carbocycles. The molecule has 1 aliphatic heterocycles. The molecule has 0 saturated carbocycles. The van der Waals surface area contributed by atoms with Crippen molar-refractivity contribution in [3.05, 3.63) is 89.0 Å². The minimum atomic E-state index is -0.0863. The molecule has 2 N–H and O–H groups in total. The van der Waals surface area contributed by atoms with Crippen LogP contribution in [-0.4, -0.2) is 54.5 Å². The monoisotopic (exact) mass is 468 g/mol. The highest BCUT2D eigenvalue weighted by Crippen LogP contribution is 2.35. The van der Waals surface area contributed by atoms with Gasteiger partial charge in [-0.2, -0.15) is 10.5 Å². The number of phenols is 1. The third kappa shape index (κ3) is 5.91. The van der Waals surface area contributed by atoms with Gasteiger partial charge in [0.2, 0.25) is 0 Å². The number of piperazine rings is 1. The molecule has 0 spiro atoms. The van der Waals surface area contributed by atoms with E-state index in [1.54, 1.807) is 18.2 Å². The van der Waals surface area contributed by atoms with Crippen molar-refractivity contribution in [3.63, 3.8) is 0 Å². The molecule has 1 fully saturated rings. The number of nitriles is 2. The van der Waals surface area contributed by atoms with Gasteiger partial charge < -0.3 is 19.8 Å². The van der Waals surface area contributed by atoms with Crippen molar-refractivity contribution in [2.75, 3.05) is 44.3 Å². The van der Waals surface area contributed by atoms with Crippen LogP contribution in [0.2, 0.25) is 0 Å². The van der Waals surface area contributed by atoms with E-state index in [0.717, 1.165) is 43.9 Å². The number of nitrogens with zero attached hydrogens (tertiary/aromatic N) is 4. The largest absolute Gasteiger partial charge is 0.508 e. The van der Waals surface area contributed by atoms with E-state index in [0.29, 0.717) is 16.9 Å². The highest BCUT2D eigenvalue weighted by molar-refractivity contribution is 5.63. The summed E-state index contributed by atoms with van der Waals surface area (Å²) in [6.07, 6.45) is 0.883. The van der Waals surface area contributed by atoms with Crippen molar-refractivity contribution in [2.45, 2.75) is 12.5 Å². The van der Waals surface area contributed by atoms with Gasteiger partial charge in [0.25, 0.3) is 0 Å². The summed E-state index contributed by atoms with van der Waals surface area (Å²) in [6.45, 7) is 3.33. The SMILES string of the molecule is N#Cc1ccc(CCN2CCN(c3ccc(OCCO)cc3C#N)[C@H](c3ccc(O)cc3)C2)cc1. The van der Waals surface area contributed by atoms with Gasteiger partial charge in [0, 0.05) is 26.2 Å². The molecule has 0 aromatic heterocycles. The van der Waals surface area contributed by atoms with Crippen LogP contribution in [0.25, 0.3) is 0 Å². The first-order valence-electron chi connectivity index (χ1n) is 11.7. The van der Waals surface area contributed by atoms with E-state index in [4.69, 9.17) is 15.1 Å². The molecule has 3 aromatic rings. The van der Waals surface area contributed by atoms with Crippen LogP contribution in [0.1, 0.15) is 28.3 Å². The number of phenolic OH excluding ortho intramolecular Hbond substituents is 1. The maximum atomic E-state index is 9.85. The molecule has 35 heavy (non-hydrogen) atoms. The Bertz CT molecular complexity index is 1210. The molecule has 1 atom stereocenters. The van der Waals surface area contributed by atoms with Crippen molar-refractivity contribution in [1.29, 1.82) is 10.5 Å². The number of aliphatic hydroxyl groups excluding tert-OH is 1. The lowest BCUT2D eigenvalue weighted by Gasteiger charge is -2.43. The van der Waals surface area contributed by atoms with Crippen molar-refractivity contribution in [1.82, 2.24) is 4.90 Å². The number of hydrogen-bond acceptors (Lipinski definition) is 7. The number of anilines is 1. The second kappa shape index (κ2) is 11.4. The van der Waals surface area contributed by atoms with E-state index in [9.17, 15) is 10.4 Å². The predicted octanol–water partition coefficient (Wildman–Crippen LogP) is 3.61. The minimum Gasteiger partial charge on any atom is -0.508 e. The lowest BCUT2D eigenvalue weighted by Crippen LogP contribution is -2.49. The van der Waals surface area contributed by atoms with Crippen LogP contribution >= 0.6 is 0 Å². The highest BCUT2D eigenvalue weighted by Gasteiger charge is 2.30. The maximum absolute atomic E-state index is 9.85. The Labute approximate surface area is 205 Å². The summed E-state index contributed by atoms with van der Waals surface area (Å²) in [7, 11) is 0. The molecule has 0 amide bonds. The van der Waals surface area contributed by atoms with E-state index >= 15 is 0 Å². The average molecular weight is 469 g/mol. The number of benzene rings is 3. The van der Waals surface area contributed by atoms with Crippen LogP contribution in [0.15, 0.2) is 66.7 Å². The normalized spacial score (nSPS) is 15.9. The molecule has 1 aliphatic rings. The first-order valence-corrected chi connectivity index (χ1v) is 11.7. The standard InChI is InChI=1S/C28H28N4O3/c29-18-22-3-1-21(2-4-22)11-12-31-13-14-32(28(20-31)23-5-7-25(34)8-6-23)27-10-9-26(35-16-15-33)17-24(27)19-30/h1-10,17,28,33-34H,11-16,20H2/t28-/m0/s1. The zero-order valence-corrected chi connectivity index (χ0v) is 19.5. The summed E-state index contributed by atoms with van der Waals surface area (Å²) in [5.41, 5.74) is 4.29. The van der Waals surface area contributed by atoms with Gasteiger partial charge in [0.05, 0.1) is 35.5 Å². The molecule has 1 heterocycles. The smallest absolute Gasteiger partial charge is 0.120 e. The summed E-state index contributed by atoms with van der Waals surface area (Å²) in [6, 6.07) is 24.9. The number of rotatable bonds is 8. The van der Waals surface area contributed by atoms with Crippen LogP contribution < -0.4 is 9.64 Å². The van der Waals surface area contributed by atoms with E-state index in [1.165, 1.54) is 5.56 Å². The summed E-state index contributed by atoms with van der Waals surface area (Å²) >= 11 is 0. The Morgan fingerprint density at radius 2 is 1.71 bits per heavy atom. The number of hydrogen-bond donors (Lipinski definition) is 2. The topological polar surface area (TPSA) is 104 Å². The number of aromatic hydroxyl groups is 1. The van der Waals surface area contributed by atoms with E-state index < -0.39 is 0 Å². The fourth-order valence-electron chi connectivity index (χ4n) is 4.45. The van der Waals surface area contributed by atoms with Crippen LogP contribution in [0, 0.1) is 22.7 Å². The van der Waals surface area contributed by atoms with Crippen molar-refractivity contribution < 1.29 is 14.9 Å². The summed E-state index contributed by atoms with van der Waals surface area (Å²) in [5, 5.41) is 37.7. The van der Waals surface area contributed by atoms with E-state index in [2.05, 4.69) is 21.9 Å².